The molecule has 0 fully saturated rings. The second kappa shape index (κ2) is 6.01. The van der Waals surface area contributed by atoms with Crippen LogP contribution in [-0.4, -0.2) is 14.2 Å². The minimum absolute atomic E-state index is 0.0425. The SMILES string of the molecule is COc1cc(N)c(Nc2ccc(F)c(C#N)c2)cc1OC. The average Bonchev–Trinajstić information content (AvgIpc) is 2.50. The van der Waals surface area contributed by atoms with Gasteiger partial charge in [-0.25, -0.2) is 4.39 Å². The van der Waals surface area contributed by atoms with Crippen LogP contribution in [0.5, 0.6) is 11.5 Å². The molecule has 108 valence electrons. The van der Waals surface area contributed by atoms with E-state index in [2.05, 4.69) is 5.32 Å². The lowest BCUT2D eigenvalue weighted by Crippen LogP contribution is -2.00. The zero-order valence-corrected chi connectivity index (χ0v) is 11.6. The molecule has 0 heterocycles. The first-order chi connectivity index (χ1) is 10.1. The number of ether oxygens (including phenoxy) is 2. The van der Waals surface area contributed by atoms with E-state index in [1.807, 2.05) is 0 Å². The third-order valence-electron chi connectivity index (χ3n) is 2.92. The lowest BCUT2D eigenvalue weighted by molar-refractivity contribution is 0.355. The number of methoxy groups -OCH3 is 2. The monoisotopic (exact) mass is 287 g/mol. The van der Waals surface area contributed by atoms with E-state index in [9.17, 15) is 4.39 Å². The average molecular weight is 287 g/mol. The van der Waals surface area contributed by atoms with E-state index in [1.54, 1.807) is 18.2 Å². The van der Waals surface area contributed by atoms with Crippen LogP contribution >= 0.6 is 0 Å². The Balaban J connectivity index is 2.38. The van der Waals surface area contributed by atoms with Gasteiger partial charge in [0, 0.05) is 17.8 Å². The number of halogens is 1. The maximum atomic E-state index is 13.3. The molecule has 0 aromatic heterocycles. The molecule has 6 heteroatoms. The zero-order chi connectivity index (χ0) is 15.4. The molecule has 0 radical (unpaired) electrons. The summed E-state index contributed by atoms with van der Waals surface area (Å²) in [6.45, 7) is 0. The molecule has 0 unspecified atom stereocenters. The summed E-state index contributed by atoms with van der Waals surface area (Å²) in [5.74, 6) is 0.456. The van der Waals surface area contributed by atoms with E-state index in [1.165, 1.54) is 32.4 Å². The van der Waals surface area contributed by atoms with E-state index in [0.717, 1.165) is 0 Å². The number of hydrogen-bond donors (Lipinski definition) is 2. The van der Waals surface area contributed by atoms with Gasteiger partial charge in [-0.3, -0.25) is 0 Å². The van der Waals surface area contributed by atoms with Gasteiger partial charge in [-0.1, -0.05) is 0 Å². The third-order valence-corrected chi connectivity index (χ3v) is 2.92. The van der Waals surface area contributed by atoms with Crippen molar-refractivity contribution in [3.05, 3.63) is 41.7 Å². The van der Waals surface area contributed by atoms with Gasteiger partial charge in [0.15, 0.2) is 11.5 Å². The molecular weight excluding hydrogens is 273 g/mol. The summed E-state index contributed by atoms with van der Waals surface area (Å²) in [6, 6.07) is 9.23. The van der Waals surface area contributed by atoms with Crippen molar-refractivity contribution in [2.24, 2.45) is 0 Å². The van der Waals surface area contributed by atoms with Crippen LogP contribution in [0.1, 0.15) is 5.56 Å². The standard InChI is InChI=1S/C15H14FN3O2/c1-20-14-6-12(18)13(7-15(14)21-2)19-10-3-4-11(16)9(5-10)8-17/h3-7,19H,18H2,1-2H3. The van der Waals surface area contributed by atoms with E-state index >= 15 is 0 Å². The van der Waals surface area contributed by atoms with E-state index in [4.69, 9.17) is 20.5 Å². The van der Waals surface area contributed by atoms with Crippen LogP contribution < -0.4 is 20.5 Å². The van der Waals surface area contributed by atoms with Gasteiger partial charge in [0.25, 0.3) is 0 Å². The summed E-state index contributed by atoms with van der Waals surface area (Å²) in [5.41, 5.74) is 7.45. The van der Waals surface area contributed by atoms with Crippen molar-refractivity contribution in [3.63, 3.8) is 0 Å². The molecule has 0 spiro atoms. The summed E-state index contributed by atoms with van der Waals surface area (Å²) in [4.78, 5) is 0. The van der Waals surface area contributed by atoms with E-state index in [0.29, 0.717) is 28.6 Å². The van der Waals surface area contributed by atoms with Gasteiger partial charge in [0.05, 0.1) is 31.2 Å². The minimum atomic E-state index is -0.566. The Morgan fingerprint density at radius 2 is 1.81 bits per heavy atom. The van der Waals surface area contributed by atoms with E-state index < -0.39 is 5.82 Å². The number of nitrogens with one attached hydrogen (secondary N) is 1. The Kier molecular flexibility index (Phi) is 4.14. The molecule has 2 aromatic rings. The highest BCUT2D eigenvalue weighted by Gasteiger charge is 2.10. The first-order valence-corrected chi connectivity index (χ1v) is 6.07. The largest absolute Gasteiger partial charge is 0.493 e. The van der Waals surface area contributed by atoms with Crippen LogP contribution in [0.4, 0.5) is 21.5 Å². The fraction of sp³-hybridized carbons (Fsp3) is 0.133. The lowest BCUT2D eigenvalue weighted by atomic mass is 10.2. The van der Waals surface area contributed by atoms with Crippen molar-refractivity contribution in [1.29, 1.82) is 5.26 Å². The summed E-state index contributed by atoms with van der Waals surface area (Å²) >= 11 is 0. The predicted molar refractivity (Wildman–Crippen MR) is 78.4 cm³/mol. The van der Waals surface area contributed by atoms with Crippen LogP contribution in [0.25, 0.3) is 0 Å². The van der Waals surface area contributed by atoms with Crippen LogP contribution in [0.2, 0.25) is 0 Å². The predicted octanol–water partition coefficient (Wildman–Crippen LogP) is 3.04. The Hall–Kier alpha value is -2.94. The van der Waals surface area contributed by atoms with Crippen molar-refractivity contribution in [1.82, 2.24) is 0 Å². The lowest BCUT2D eigenvalue weighted by Gasteiger charge is -2.14. The van der Waals surface area contributed by atoms with Gasteiger partial charge >= 0.3 is 0 Å². The van der Waals surface area contributed by atoms with Crippen molar-refractivity contribution < 1.29 is 13.9 Å². The van der Waals surface area contributed by atoms with Crippen LogP contribution in [0.15, 0.2) is 30.3 Å². The molecule has 0 aliphatic heterocycles. The van der Waals surface area contributed by atoms with Crippen molar-refractivity contribution in [2.75, 3.05) is 25.3 Å². The normalized spacial score (nSPS) is 9.81. The number of nitrogens with two attached hydrogens (primary N) is 1. The molecule has 0 atom stereocenters. The van der Waals surface area contributed by atoms with Crippen LogP contribution in [0.3, 0.4) is 0 Å². The van der Waals surface area contributed by atoms with Crippen molar-refractivity contribution >= 4 is 17.1 Å². The molecule has 2 aromatic carbocycles. The highest BCUT2D eigenvalue weighted by molar-refractivity contribution is 5.77. The molecule has 3 N–H and O–H groups in total. The van der Waals surface area contributed by atoms with Gasteiger partial charge in [-0.15, -0.1) is 0 Å². The van der Waals surface area contributed by atoms with Crippen LogP contribution in [0, 0.1) is 17.1 Å². The quantitative estimate of drug-likeness (QED) is 0.845. The number of nitrogens with zero attached hydrogens (tertiary/aromatic N) is 1. The Bertz CT molecular complexity index is 711. The Morgan fingerprint density at radius 3 is 2.43 bits per heavy atom. The first-order valence-electron chi connectivity index (χ1n) is 6.07. The topological polar surface area (TPSA) is 80.3 Å². The molecule has 0 saturated heterocycles. The Labute approximate surface area is 121 Å². The second-order valence-electron chi connectivity index (χ2n) is 4.23. The third kappa shape index (κ3) is 2.98. The van der Waals surface area contributed by atoms with Gasteiger partial charge in [-0.05, 0) is 18.2 Å². The molecule has 0 amide bonds. The van der Waals surface area contributed by atoms with E-state index in [-0.39, 0.29) is 5.56 Å². The molecule has 2 rings (SSSR count). The number of nitrogen functional groups attached to an aromatic ring is 1. The number of anilines is 3. The highest BCUT2D eigenvalue weighted by Crippen LogP contribution is 2.36. The number of nitriles is 1. The fourth-order valence-electron chi connectivity index (χ4n) is 1.85. The summed E-state index contributed by atoms with van der Waals surface area (Å²) in [7, 11) is 3.03. The van der Waals surface area contributed by atoms with Gasteiger partial charge < -0.3 is 20.5 Å². The van der Waals surface area contributed by atoms with Gasteiger partial charge in [-0.2, -0.15) is 5.26 Å². The molecule has 0 bridgehead atoms. The highest BCUT2D eigenvalue weighted by atomic mass is 19.1. The molecule has 0 aliphatic rings. The maximum absolute atomic E-state index is 13.3. The summed E-state index contributed by atoms with van der Waals surface area (Å²) in [6.07, 6.45) is 0. The number of hydrogen-bond acceptors (Lipinski definition) is 5. The molecule has 0 saturated carbocycles. The molecule has 5 nitrogen and oxygen atoms in total. The first kappa shape index (κ1) is 14.5. The molecule has 21 heavy (non-hydrogen) atoms. The molecule has 0 aliphatic carbocycles. The molecular formula is C15H14FN3O2. The van der Waals surface area contributed by atoms with Gasteiger partial charge in [0.1, 0.15) is 11.9 Å². The number of rotatable bonds is 4. The summed E-state index contributed by atoms with van der Waals surface area (Å²) < 4.78 is 23.6. The second-order valence-corrected chi connectivity index (χ2v) is 4.23. The minimum Gasteiger partial charge on any atom is -0.493 e. The van der Waals surface area contributed by atoms with Crippen molar-refractivity contribution in [3.8, 4) is 17.6 Å². The van der Waals surface area contributed by atoms with Gasteiger partial charge in [0.2, 0.25) is 0 Å². The fourth-order valence-corrected chi connectivity index (χ4v) is 1.85. The Morgan fingerprint density at radius 1 is 1.14 bits per heavy atom. The number of benzene rings is 2. The van der Waals surface area contributed by atoms with Crippen molar-refractivity contribution in [2.45, 2.75) is 0 Å². The smallest absolute Gasteiger partial charge is 0.162 e. The zero-order valence-electron chi connectivity index (χ0n) is 11.6. The maximum Gasteiger partial charge on any atom is 0.162 e. The summed E-state index contributed by atoms with van der Waals surface area (Å²) in [5, 5.41) is 11.9. The van der Waals surface area contributed by atoms with Crippen LogP contribution in [-0.2, 0) is 0 Å².